The summed E-state index contributed by atoms with van der Waals surface area (Å²) in [6.45, 7) is 5.53. The van der Waals surface area contributed by atoms with Crippen LogP contribution in [0.3, 0.4) is 0 Å². The van der Waals surface area contributed by atoms with Crippen LogP contribution in [0.25, 0.3) is 0 Å². The zero-order chi connectivity index (χ0) is 16.0. The summed E-state index contributed by atoms with van der Waals surface area (Å²) < 4.78 is 5.41. The molecule has 0 spiro atoms. The molecule has 0 radical (unpaired) electrons. The van der Waals surface area contributed by atoms with Crippen molar-refractivity contribution in [2.75, 3.05) is 19.7 Å². The fourth-order valence-corrected chi connectivity index (χ4v) is 1.98. The second kappa shape index (κ2) is 7.88. The first kappa shape index (κ1) is 17.3. The molecule has 1 N–H and O–H groups in total. The van der Waals surface area contributed by atoms with Gasteiger partial charge in [0.15, 0.2) is 6.61 Å². The van der Waals surface area contributed by atoms with Crippen molar-refractivity contribution >= 4 is 23.5 Å². The van der Waals surface area contributed by atoms with E-state index in [-0.39, 0.29) is 25.0 Å². The molecule has 0 unspecified atom stereocenters. The molecule has 0 atom stereocenters. The predicted molar refractivity (Wildman–Crippen MR) is 80.7 cm³/mol. The maximum Gasteiger partial charge on any atom is 0.323 e. The standard InChI is InChI=1S/C15H20ClNO4/c1-10(2)7-17(8-15(19)20)14(18)9-21-13-6-11(3)4-5-12(13)16/h4-6,10H,7-9H2,1-3H3,(H,19,20). The summed E-state index contributed by atoms with van der Waals surface area (Å²) in [5.74, 6) is -0.818. The molecular weight excluding hydrogens is 294 g/mol. The zero-order valence-electron chi connectivity index (χ0n) is 12.4. The highest BCUT2D eigenvalue weighted by atomic mass is 35.5. The van der Waals surface area contributed by atoms with Gasteiger partial charge in [-0.05, 0) is 30.5 Å². The molecule has 1 rings (SSSR count). The van der Waals surface area contributed by atoms with Gasteiger partial charge in [-0.3, -0.25) is 9.59 Å². The van der Waals surface area contributed by atoms with Crippen LogP contribution < -0.4 is 4.74 Å². The molecule has 0 aliphatic heterocycles. The summed E-state index contributed by atoms with van der Waals surface area (Å²) in [7, 11) is 0. The Morgan fingerprint density at radius 2 is 2.05 bits per heavy atom. The van der Waals surface area contributed by atoms with Crippen LogP contribution in [0.15, 0.2) is 18.2 Å². The van der Waals surface area contributed by atoms with Crippen LogP contribution in [0.5, 0.6) is 5.75 Å². The third kappa shape index (κ3) is 6.04. The molecule has 116 valence electrons. The van der Waals surface area contributed by atoms with Crippen molar-refractivity contribution in [1.82, 2.24) is 4.90 Å². The Morgan fingerprint density at radius 1 is 1.38 bits per heavy atom. The molecule has 0 saturated heterocycles. The first-order chi connectivity index (χ1) is 9.79. The molecular formula is C15H20ClNO4. The molecule has 0 heterocycles. The number of halogens is 1. The van der Waals surface area contributed by atoms with E-state index in [0.29, 0.717) is 17.3 Å². The van der Waals surface area contributed by atoms with E-state index in [9.17, 15) is 9.59 Å². The topological polar surface area (TPSA) is 66.8 Å². The second-order valence-electron chi connectivity index (χ2n) is 5.28. The minimum absolute atomic E-state index is 0.177. The first-order valence-corrected chi connectivity index (χ1v) is 7.06. The van der Waals surface area contributed by atoms with Gasteiger partial charge in [0, 0.05) is 6.54 Å². The van der Waals surface area contributed by atoms with Crippen LogP contribution in [-0.4, -0.2) is 41.6 Å². The monoisotopic (exact) mass is 313 g/mol. The number of hydrogen-bond acceptors (Lipinski definition) is 3. The number of carbonyl (C=O) groups excluding carboxylic acids is 1. The summed E-state index contributed by atoms with van der Waals surface area (Å²) in [5, 5.41) is 9.27. The fraction of sp³-hybridized carbons (Fsp3) is 0.467. The Bertz CT molecular complexity index is 516. The molecule has 0 saturated carbocycles. The SMILES string of the molecule is Cc1ccc(Cl)c(OCC(=O)N(CC(=O)O)CC(C)C)c1. The van der Waals surface area contributed by atoms with Gasteiger partial charge in [-0.1, -0.05) is 31.5 Å². The van der Waals surface area contributed by atoms with E-state index in [1.54, 1.807) is 12.1 Å². The molecule has 0 fully saturated rings. The van der Waals surface area contributed by atoms with E-state index in [0.717, 1.165) is 5.56 Å². The van der Waals surface area contributed by atoms with Crippen LogP contribution in [0.2, 0.25) is 5.02 Å². The van der Waals surface area contributed by atoms with Crippen molar-refractivity contribution in [3.63, 3.8) is 0 Å². The molecule has 21 heavy (non-hydrogen) atoms. The number of rotatable bonds is 7. The Hall–Kier alpha value is -1.75. The first-order valence-electron chi connectivity index (χ1n) is 6.68. The fourth-order valence-electron chi connectivity index (χ4n) is 1.81. The number of aliphatic carboxylic acids is 1. The average molecular weight is 314 g/mol. The zero-order valence-corrected chi connectivity index (χ0v) is 13.2. The number of benzene rings is 1. The molecule has 0 bridgehead atoms. The molecule has 0 aromatic heterocycles. The Morgan fingerprint density at radius 3 is 2.62 bits per heavy atom. The summed E-state index contributed by atoms with van der Waals surface area (Å²) in [5.41, 5.74) is 0.964. The number of hydrogen-bond donors (Lipinski definition) is 1. The Kier molecular flexibility index (Phi) is 6.49. The summed E-state index contributed by atoms with van der Waals surface area (Å²) in [6.07, 6.45) is 0. The molecule has 1 aromatic rings. The van der Waals surface area contributed by atoms with Crippen molar-refractivity contribution in [3.8, 4) is 5.75 Å². The minimum atomic E-state index is -1.04. The lowest BCUT2D eigenvalue weighted by Crippen LogP contribution is -2.40. The van der Waals surface area contributed by atoms with Crippen LogP contribution in [0.1, 0.15) is 19.4 Å². The number of ether oxygens (including phenoxy) is 1. The third-order valence-corrected chi connectivity index (χ3v) is 3.01. The van der Waals surface area contributed by atoms with Gasteiger partial charge in [0.25, 0.3) is 5.91 Å². The largest absolute Gasteiger partial charge is 0.482 e. The van der Waals surface area contributed by atoms with E-state index in [4.69, 9.17) is 21.4 Å². The lowest BCUT2D eigenvalue weighted by molar-refractivity contribution is -0.145. The van der Waals surface area contributed by atoms with Gasteiger partial charge in [0.05, 0.1) is 5.02 Å². The maximum atomic E-state index is 12.1. The van der Waals surface area contributed by atoms with Gasteiger partial charge < -0.3 is 14.7 Å². The highest BCUT2D eigenvalue weighted by molar-refractivity contribution is 6.32. The molecule has 1 aromatic carbocycles. The van der Waals surface area contributed by atoms with Gasteiger partial charge in [-0.15, -0.1) is 0 Å². The van der Waals surface area contributed by atoms with E-state index < -0.39 is 5.97 Å². The van der Waals surface area contributed by atoms with Crippen molar-refractivity contribution in [3.05, 3.63) is 28.8 Å². The Balaban J connectivity index is 2.68. The summed E-state index contributed by atoms with van der Waals surface area (Å²) in [4.78, 5) is 24.2. The van der Waals surface area contributed by atoms with Crippen LogP contribution >= 0.6 is 11.6 Å². The van der Waals surface area contributed by atoms with Gasteiger partial charge in [-0.2, -0.15) is 0 Å². The summed E-state index contributed by atoms with van der Waals surface area (Å²) >= 11 is 5.98. The molecule has 0 aliphatic carbocycles. The van der Waals surface area contributed by atoms with Gasteiger partial charge >= 0.3 is 5.97 Å². The van der Waals surface area contributed by atoms with E-state index in [2.05, 4.69) is 0 Å². The highest BCUT2D eigenvalue weighted by Crippen LogP contribution is 2.25. The van der Waals surface area contributed by atoms with Crippen LogP contribution in [0.4, 0.5) is 0 Å². The Labute approximate surface area is 129 Å². The third-order valence-electron chi connectivity index (χ3n) is 2.70. The number of nitrogens with zero attached hydrogens (tertiary/aromatic N) is 1. The van der Waals surface area contributed by atoms with Crippen molar-refractivity contribution in [2.45, 2.75) is 20.8 Å². The van der Waals surface area contributed by atoms with Gasteiger partial charge in [0.2, 0.25) is 0 Å². The van der Waals surface area contributed by atoms with Crippen molar-refractivity contribution < 1.29 is 19.4 Å². The summed E-state index contributed by atoms with van der Waals surface area (Å²) in [6, 6.07) is 5.27. The number of aryl methyl sites for hydroxylation is 1. The van der Waals surface area contributed by atoms with E-state index in [1.165, 1.54) is 4.90 Å². The molecule has 1 amide bonds. The van der Waals surface area contributed by atoms with Gasteiger partial charge in [-0.25, -0.2) is 0 Å². The normalized spacial score (nSPS) is 10.5. The minimum Gasteiger partial charge on any atom is -0.482 e. The average Bonchev–Trinajstić information content (AvgIpc) is 2.37. The quantitative estimate of drug-likeness (QED) is 0.840. The second-order valence-corrected chi connectivity index (χ2v) is 5.69. The van der Waals surface area contributed by atoms with Crippen LogP contribution in [-0.2, 0) is 9.59 Å². The van der Waals surface area contributed by atoms with E-state index in [1.807, 2.05) is 26.8 Å². The number of carboxylic acid groups (broad SMARTS) is 1. The van der Waals surface area contributed by atoms with E-state index >= 15 is 0 Å². The lowest BCUT2D eigenvalue weighted by atomic mass is 10.2. The van der Waals surface area contributed by atoms with Crippen LogP contribution in [0, 0.1) is 12.8 Å². The predicted octanol–water partition coefficient (Wildman–Crippen LogP) is 2.60. The smallest absolute Gasteiger partial charge is 0.323 e. The molecule has 5 nitrogen and oxygen atoms in total. The highest BCUT2D eigenvalue weighted by Gasteiger charge is 2.18. The van der Waals surface area contributed by atoms with Crippen molar-refractivity contribution in [2.24, 2.45) is 5.92 Å². The van der Waals surface area contributed by atoms with Gasteiger partial charge in [0.1, 0.15) is 12.3 Å². The molecule has 0 aliphatic rings. The maximum absolute atomic E-state index is 12.1. The number of carbonyl (C=O) groups is 2. The molecule has 6 heteroatoms. The number of carboxylic acids is 1. The van der Waals surface area contributed by atoms with Crippen molar-refractivity contribution in [1.29, 1.82) is 0 Å². The lowest BCUT2D eigenvalue weighted by Gasteiger charge is -2.22. The number of amides is 1.